The van der Waals surface area contributed by atoms with Gasteiger partial charge in [0.15, 0.2) is 0 Å². The van der Waals surface area contributed by atoms with E-state index in [-0.39, 0.29) is 6.03 Å². The van der Waals surface area contributed by atoms with Gasteiger partial charge < -0.3 is 10.6 Å². The first-order chi connectivity index (χ1) is 6.22. The van der Waals surface area contributed by atoms with E-state index in [0.29, 0.717) is 17.3 Å². The lowest BCUT2D eigenvalue weighted by Gasteiger charge is -2.04. The van der Waals surface area contributed by atoms with Crippen molar-refractivity contribution in [3.8, 4) is 0 Å². The fourth-order valence-electron chi connectivity index (χ4n) is 0.822. The van der Waals surface area contributed by atoms with Crippen molar-refractivity contribution >= 4 is 23.3 Å². The van der Waals surface area contributed by atoms with Crippen molar-refractivity contribution in [2.24, 2.45) is 0 Å². The zero-order valence-corrected chi connectivity index (χ0v) is 7.77. The summed E-state index contributed by atoms with van der Waals surface area (Å²) in [5, 5.41) is 5.78. The first-order valence-electron chi connectivity index (χ1n) is 3.82. The van der Waals surface area contributed by atoms with Crippen LogP contribution in [0.15, 0.2) is 24.3 Å². The van der Waals surface area contributed by atoms with Gasteiger partial charge in [-0.1, -0.05) is 11.6 Å². The lowest BCUT2D eigenvalue weighted by Crippen LogP contribution is -2.28. The lowest BCUT2D eigenvalue weighted by atomic mass is 10.3. The van der Waals surface area contributed by atoms with Gasteiger partial charge in [-0.05, 0) is 31.2 Å². The van der Waals surface area contributed by atoms with Gasteiger partial charge in [0.2, 0.25) is 0 Å². The van der Waals surface area contributed by atoms with Crippen molar-refractivity contribution in [1.82, 2.24) is 5.32 Å². The van der Waals surface area contributed by atoms with Gasteiger partial charge in [0.1, 0.15) is 0 Å². The Morgan fingerprint density at radius 1 is 1.38 bits per heavy atom. The highest BCUT2D eigenvalue weighted by molar-refractivity contribution is 6.30. The average molecular weight is 198 g/mol. The smallest absolute Gasteiger partial charge is 0.319 e. The van der Waals surface area contributed by atoms with Crippen LogP contribution < -0.4 is 10.6 Å². The summed E-state index contributed by atoms with van der Waals surface area (Å²) in [5.41, 5.74) is 0.704. The maximum atomic E-state index is 11.0. The Morgan fingerprint density at radius 2 is 2.00 bits per heavy atom. The molecule has 0 saturated heterocycles. The number of anilines is 1. The molecule has 69 valence electrons. The molecule has 0 fully saturated rings. The molecular weight excluding hydrogens is 188 g/mol. The van der Waals surface area contributed by atoms with Crippen molar-refractivity contribution < 1.29 is 4.79 Å². The van der Waals surface area contributed by atoms with Crippen LogP contribution in [0.25, 0.3) is 0 Å². The second kappa shape index (κ2) is 4.72. The van der Waals surface area contributed by atoms with Gasteiger partial charge >= 0.3 is 6.03 Å². The van der Waals surface area contributed by atoms with E-state index < -0.39 is 0 Å². The Bertz CT molecular complexity index is 284. The quantitative estimate of drug-likeness (QED) is 0.751. The molecule has 0 aliphatic rings. The van der Waals surface area contributed by atoms with Gasteiger partial charge in [-0.2, -0.15) is 0 Å². The molecule has 0 unspecified atom stereocenters. The van der Waals surface area contributed by atoms with Gasteiger partial charge in [-0.3, -0.25) is 0 Å². The number of nitrogens with one attached hydrogen (secondary N) is 2. The van der Waals surface area contributed by atoms with Gasteiger partial charge in [0.25, 0.3) is 0 Å². The SMILES string of the molecule is [CH2]CNC(=O)Nc1ccc(Cl)cc1. The highest BCUT2D eigenvalue weighted by atomic mass is 35.5. The number of hydrogen-bond donors (Lipinski definition) is 2. The van der Waals surface area contributed by atoms with Crippen LogP contribution in [0.4, 0.5) is 10.5 Å². The number of hydrogen-bond acceptors (Lipinski definition) is 1. The zero-order chi connectivity index (χ0) is 9.68. The van der Waals surface area contributed by atoms with E-state index in [2.05, 4.69) is 17.6 Å². The van der Waals surface area contributed by atoms with E-state index in [1.807, 2.05) is 0 Å². The summed E-state index contributed by atoms with van der Waals surface area (Å²) in [6.45, 7) is 3.85. The first kappa shape index (κ1) is 9.86. The van der Waals surface area contributed by atoms with Crippen molar-refractivity contribution in [2.75, 3.05) is 11.9 Å². The molecule has 0 aliphatic carbocycles. The normalized spacial score (nSPS) is 9.38. The molecule has 0 aromatic heterocycles. The molecule has 3 nitrogen and oxygen atoms in total. The summed E-state index contributed by atoms with van der Waals surface area (Å²) < 4.78 is 0. The molecule has 13 heavy (non-hydrogen) atoms. The number of carbonyl (C=O) groups is 1. The highest BCUT2D eigenvalue weighted by Gasteiger charge is 1.98. The van der Waals surface area contributed by atoms with Crippen LogP contribution in [-0.2, 0) is 0 Å². The van der Waals surface area contributed by atoms with Crippen molar-refractivity contribution in [3.05, 3.63) is 36.2 Å². The van der Waals surface area contributed by atoms with Crippen LogP contribution in [0, 0.1) is 6.92 Å². The first-order valence-corrected chi connectivity index (χ1v) is 4.20. The molecule has 0 aliphatic heterocycles. The molecule has 0 atom stereocenters. The molecule has 1 aromatic rings. The Morgan fingerprint density at radius 3 is 2.54 bits per heavy atom. The Balaban J connectivity index is 2.54. The topological polar surface area (TPSA) is 41.1 Å². The summed E-state index contributed by atoms with van der Waals surface area (Å²) in [6.07, 6.45) is 0. The third-order valence-corrected chi connectivity index (χ3v) is 1.64. The minimum Gasteiger partial charge on any atom is -0.338 e. The zero-order valence-electron chi connectivity index (χ0n) is 7.01. The second-order valence-electron chi connectivity index (χ2n) is 2.39. The molecule has 0 bridgehead atoms. The highest BCUT2D eigenvalue weighted by Crippen LogP contribution is 2.12. The van der Waals surface area contributed by atoms with Crippen LogP contribution in [0.3, 0.4) is 0 Å². The maximum Gasteiger partial charge on any atom is 0.319 e. The number of carbonyl (C=O) groups excluding carboxylic acids is 1. The van der Waals surface area contributed by atoms with E-state index in [1.54, 1.807) is 24.3 Å². The average Bonchev–Trinajstić information content (AvgIpc) is 2.09. The molecule has 0 saturated carbocycles. The summed E-state index contributed by atoms with van der Waals surface area (Å²) in [7, 11) is 0. The minimum absolute atomic E-state index is 0.266. The summed E-state index contributed by atoms with van der Waals surface area (Å²) in [4.78, 5) is 11.0. The van der Waals surface area contributed by atoms with E-state index >= 15 is 0 Å². The minimum atomic E-state index is -0.266. The maximum absolute atomic E-state index is 11.0. The number of halogens is 1. The molecule has 1 rings (SSSR count). The summed E-state index contributed by atoms with van der Waals surface area (Å²) in [5.74, 6) is 0. The van der Waals surface area contributed by atoms with Gasteiger partial charge in [0.05, 0.1) is 0 Å². The largest absolute Gasteiger partial charge is 0.338 e. The number of urea groups is 1. The van der Waals surface area contributed by atoms with E-state index in [0.717, 1.165) is 0 Å². The fourth-order valence-corrected chi connectivity index (χ4v) is 0.948. The predicted octanol–water partition coefficient (Wildman–Crippen LogP) is 2.30. The molecule has 2 amide bonds. The Hall–Kier alpha value is -1.22. The summed E-state index contributed by atoms with van der Waals surface area (Å²) >= 11 is 5.67. The van der Waals surface area contributed by atoms with Crippen LogP contribution in [0.1, 0.15) is 0 Å². The van der Waals surface area contributed by atoms with Crippen molar-refractivity contribution in [2.45, 2.75) is 0 Å². The van der Waals surface area contributed by atoms with Crippen LogP contribution in [0.5, 0.6) is 0 Å². The van der Waals surface area contributed by atoms with E-state index in [4.69, 9.17) is 11.6 Å². The molecule has 2 N–H and O–H groups in total. The van der Waals surface area contributed by atoms with Crippen LogP contribution in [0.2, 0.25) is 5.02 Å². The second-order valence-corrected chi connectivity index (χ2v) is 2.82. The predicted molar refractivity (Wildman–Crippen MR) is 53.8 cm³/mol. The molecular formula is C9H10ClN2O. The third-order valence-electron chi connectivity index (χ3n) is 1.39. The van der Waals surface area contributed by atoms with Crippen LogP contribution in [-0.4, -0.2) is 12.6 Å². The Kier molecular flexibility index (Phi) is 3.58. The van der Waals surface area contributed by atoms with Crippen molar-refractivity contribution in [3.63, 3.8) is 0 Å². The lowest BCUT2D eigenvalue weighted by molar-refractivity contribution is 0.253. The third kappa shape index (κ3) is 3.34. The molecule has 1 radical (unpaired) electrons. The Labute approximate surface area is 82.1 Å². The molecule has 0 spiro atoms. The van der Waals surface area contributed by atoms with E-state index in [1.165, 1.54) is 0 Å². The number of benzene rings is 1. The van der Waals surface area contributed by atoms with Crippen LogP contribution >= 0.6 is 11.6 Å². The van der Waals surface area contributed by atoms with Gasteiger partial charge in [-0.25, -0.2) is 4.79 Å². The fraction of sp³-hybridized carbons (Fsp3) is 0.111. The standard InChI is InChI=1S/C9H10ClN2O/c1-2-11-9(13)12-8-5-3-7(10)4-6-8/h3-6H,1-2H2,(H2,11,12,13). The summed E-state index contributed by atoms with van der Waals surface area (Å²) in [6, 6.07) is 6.61. The number of amides is 2. The molecule has 4 heteroatoms. The van der Waals surface area contributed by atoms with E-state index in [9.17, 15) is 4.79 Å². The van der Waals surface area contributed by atoms with Gasteiger partial charge in [-0.15, -0.1) is 0 Å². The molecule has 0 heterocycles. The van der Waals surface area contributed by atoms with Crippen molar-refractivity contribution in [1.29, 1.82) is 0 Å². The van der Waals surface area contributed by atoms with Gasteiger partial charge in [0, 0.05) is 17.3 Å². The monoisotopic (exact) mass is 197 g/mol. The molecule has 1 aromatic carbocycles. The number of rotatable bonds is 2.